The van der Waals surface area contributed by atoms with Crippen molar-refractivity contribution in [1.29, 1.82) is 0 Å². The topological polar surface area (TPSA) is 103 Å². The Morgan fingerprint density at radius 3 is 2.83 bits per heavy atom. The Morgan fingerprint density at radius 2 is 2.04 bits per heavy atom. The first kappa shape index (κ1) is 13.8. The summed E-state index contributed by atoms with van der Waals surface area (Å²) in [7, 11) is 0. The second-order valence-electron chi connectivity index (χ2n) is 5.50. The first-order chi connectivity index (χ1) is 11.3. The van der Waals surface area contributed by atoms with Crippen molar-refractivity contribution < 1.29 is 0 Å². The van der Waals surface area contributed by atoms with Gasteiger partial charge in [-0.15, -0.1) is 0 Å². The lowest BCUT2D eigenvalue weighted by atomic mass is 10.1. The summed E-state index contributed by atoms with van der Waals surface area (Å²) in [6.07, 6.45) is 8.95. The molecule has 8 nitrogen and oxygen atoms in total. The summed E-state index contributed by atoms with van der Waals surface area (Å²) in [6.45, 7) is 2.18. The zero-order valence-electron chi connectivity index (χ0n) is 12.4. The number of nitrogens with one attached hydrogen (secondary N) is 2. The molecule has 3 aromatic rings. The molecule has 0 bridgehead atoms. The number of aromatic amines is 2. The predicted octanol–water partition coefficient (Wildman–Crippen LogP) is 0.508. The van der Waals surface area contributed by atoms with Crippen molar-refractivity contribution in [2.24, 2.45) is 0 Å². The van der Waals surface area contributed by atoms with Crippen LogP contribution in [0.5, 0.6) is 0 Å². The van der Waals surface area contributed by atoms with Crippen LogP contribution in [0.15, 0.2) is 36.0 Å². The Bertz CT molecular complexity index is 857. The number of nitrogens with zero attached hydrogens (tertiary/aromatic N) is 5. The molecule has 1 aliphatic rings. The molecule has 1 aliphatic heterocycles. The minimum Gasteiger partial charge on any atom is -0.347 e. The molecule has 23 heavy (non-hydrogen) atoms. The lowest BCUT2D eigenvalue weighted by Crippen LogP contribution is -2.35. The molecule has 0 aromatic carbocycles. The molecular formula is C15H15N7O. The summed E-state index contributed by atoms with van der Waals surface area (Å²) in [5.41, 5.74) is 3.25. The van der Waals surface area contributed by atoms with Gasteiger partial charge in [-0.05, 0) is 0 Å². The maximum absolute atomic E-state index is 12.4. The number of aromatic nitrogens is 6. The largest absolute Gasteiger partial charge is 0.347 e. The Balaban J connectivity index is 1.62. The average Bonchev–Trinajstić information content (AvgIpc) is 3.09. The van der Waals surface area contributed by atoms with Crippen molar-refractivity contribution in [1.82, 2.24) is 34.8 Å². The SMILES string of the molecule is O=c1[nH]c(-c2cncnc2)nc2c1CN(Cc1cnc[nH]1)CC2. The van der Waals surface area contributed by atoms with Gasteiger partial charge in [-0.2, -0.15) is 0 Å². The van der Waals surface area contributed by atoms with E-state index in [9.17, 15) is 4.79 Å². The lowest BCUT2D eigenvalue weighted by molar-refractivity contribution is 0.239. The van der Waals surface area contributed by atoms with Gasteiger partial charge in [0.15, 0.2) is 0 Å². The van der Waals surface area contributed by atoms with Crippen molar-refractivity contribution in [3.63, 3.8) is 0 Å². The molecule has 4 heterocycles. The predicted molar refractivity (Wildman–Crippen MR) is 82.3 cm³/mol. The molecule has 0 spiro atoms. The Hall–Kier alpha value is -2.87. The summed E-state index contributed by atoms with van der Waals surface area (Å²) in [4.78, 5) is 37.1. The van der Waals surface area contributed by atoms with Crippen LogP contribution < -0.4 is 5.56 Å². The maximum Gasteiger partial charge on any atom is 0.255 e. The molecule has 0 amide bonds. The highest BCUT2D eigenvalue weighted by Gasteiger charge is 2.21. The van der Waals surface area contributed by atoms with Crippen LogP contribution in [-0.4, -0.2) is 41.3 Å². The fourth-order valence-electron chi connectivity index (χ4n) is 2.79. The van der Waals surface area contributed by atoms with E-state index in [-0.39, 0.29) is 5.56 Å². The van der Waals surface area contributed by atoms with Gasteiger partial charge in [-0.1, -0.05) is 0 Å². The zero-order chi connectivity index (χ0) is 15.6. The minimum absolute atomic E-state index is 0.0943. The van der Waals surface area contributed by atoms with E-state index < -0.39 is 0 Å². The fourth-order valence-corrected chi connectivity index (χ4v) is 2.79. The number of rotatable bonds is 3. The summed E-state index contributed by atoms with van der Waals surface area (Å²) in [5, 5.41) is 0. The van der Waals surface area contributed by atoms with E-state index in [1.54, 1.807) is 24.9 Å². The first-order valence-electron chi connectivity index (χ1n) is 7.36. The molecular weight excluding hydrogens is 294 g/mol. The number of H-pyrrole nitrogens is 2. The monoisotopic (exact) mass is 309 g/mol. The lowest BCUT2D eigenvalue weighted by Gasteiger charge is -2.27. The Labute approximate surface area is 131 Å². The van der Waals surface area contributed by atoms with E-state index in [2.05, 4.69) is 34.8 Å². The average molecular weight is 309 g/mol. The van der Waals surface area contributed by atoms with Crippen molar-refractivity contribution >= 4 is 0 Å². The highest BCUT2D eigenvalue weighted by molar-refractivity contribution is 5.52. The van der Waals surface area contributed by atoms with Crippen molar-refractivity contribution in [3.8, 4) is 11.4 Å². The minimum atomic E-state index is -0.0943. The van der Waals surface area contributed by atoms with Crippen molar-refractivity contribution in [3.05, 3.63) is 58.6 Å². The summed E-state index contributed by atoms with van der Waals surface area (Å²) >= 11 is 0. The van der Waals surface area contributed by atoms with Crippen LogP contribution in [-0.2, 0) is 19.5 Å². The normalized spacial score (nSPS) is 14.6. The van der Waals surface area contributed by atoms with Gasteiger partial charge in [0.1, 0.15) is 12.2 Å². The van der Waals surface area contributed by atoms with Crippen LogP contribution in [0, 0.1) is 0 Å². The highest BCUT2D eigenvalue weighted by atomic mass is 16.1. The quantitative estimate of drug-likeness (QED) is 0.730. The third kappa shape index (κ3) is 2.76. The van der Waals surface area contributed by atoms with Crippen LogP contribution >= 0.6 is 0 Å². The van der Waals surface area contributed by atoms with Crippen LogP contribution in [0.2, 0.25) is 0 Å². The molecule has 0 saturated heterocycles. The molecule has 3 aromatic heterocycles. The maximum atomic E-state index is 12.4. The molecule has 116 valence electrons. The van der Waals surface area contributed by atoms with Gasteiger partial charge in [-0.25, -0.2) is 19.9 Å². The van der Waals surface area contributed by atoms with Gasteiger partial charge in [0.05, 0.1) is 23.1 Å². The standard InChI is InChI=1S/C15H15N7O/c23-15-12-7-22(6-11-5-18-9-19-11)2-1-13(12)20-14(21-15)10-3-16-8-17-4-10/h3-5,8-9H,1-2,6-7H2,(H,18,19)(H,20,21,23). The van der Waals surface area contributed by atoms with E-state index in [0.717, 1.165) is 36.5 Å². The second kappa shape index (κ2) is 5.73. The number of fused-ring (bicyclic) bond motifs is 1. The molecule has 0 atom stereocenters. The van der Waals surface area contributed by atoms with Crippen LogP contribution in [0.25, 0.3) is 11.4 Å². The molecule has 0 fully saturated rings. The first-order valence-corrected chi connectivity index (χ1v) is 7.36. The Morgan fingerprint density at radius 1 is 1.17 bits per heavy atom. The van der Waals surface area contributed by atoms with Gasteiger partial charge < -0.3 is 9.97 Å². The van der Waals surface area contributed by atoms with Gasteiger partial charge in [0, 0.05) is 50.3 Å². The zero-order valence-corrected chi connectivity index (χ0v) is 12.4. The van der Waals surface area contributed by atoms with Gasteiger partial charge in [0.2, 0.25) is 0 Å². The molecule has 4 rings (SSSR count). The molecule has 0 radical (unpaired) electrons. The third-order valence-electron chi connectivity index (χ3n) is 3.93. The van der Waals surface area contributed by atoms with E-state index in [1.165, 1.54) is 6.33 Å². The van der Waals surface area contributed by atoms with Crippen molar-refractivity contribution in [2.75, 3.05) is 6.54 Å². The number of imidazole rings is 1. The number of hydrogen-bond acceptors (Lipinski definition) is 6. The second-order valence-corrected chi connectivity index (χ2v) is 5.50. The van der Waals surface area contributed by atoms with E-state index in [0.29, 0.717) is 17.9 Å². The van der Waals surface area contributed by atoms with Gasteiger partial charge in [-0.3, -0.25) is 9.69 Å². The van der Waals surface area contributed by atoms with E-state index in [1.807, 2.05) is 0 Å². The van der Waals surface area contributed by atoms with Gasteiger partial charge in [0.25, 0.3) is 5.56 Å². The molecule has 0 aliphatic carbocycles. The molecule has 0 unspecified atom stereocenters. The molecule has 8 heteroatoms. The Kier molecular flexibility index (Phi) is 3.43. The third-order valence-corrected chi connectivity index (χ3v) is 3.93. The smallest absolute Gasteiger partial charge is 0.255 e. The highest BCUT2D eigenvalue weighted by Crippen LogP contribution is 2.18. The van der Waals surface area contributed by atoms with E-state index in [4.69, 9.17) is 0 Å². The molecule has 2 N–H and O–H groups in total. The summed E-state index contributed by atoms with van der Waals surface area (Å²) in [6, 6.07) is 0. The summed E-state index contributed by atoms with van der Waals surface area (Å²) < 4.78 is 0. The van der Waals surface area contributed by atoms with Crippen LogP contribution in [0.4, 0.5) is 0 Å². The van der Waals surface area contributed by atoms with Crippen LogP contribution in [0.3, 0.4) is 0 Å². The molecule has 0 saturated carbocycles. The van der Waals surface area contributed by atoms with Crippen LogP contribution in [0.1, 0.15) is 17.0 Å². The van der Waals surface area contributed by atoms with E-state index >= 15 is 0 Å². The number of hydrogen-bond donors (Lipinski definition) is 2. The summed E-state index contributed by atoms with van der Waals surface area (Å²) in [5.74, 6) is 0.524. The van der Waals surface area contributed by atoms with Crippen molar-refractivity contribution in [2.45, 2.75) is 19.5 Å². The van der Waals surface area contributed by atoms with Gasteiger partial charge >= 0.3 is 0 Å². The fraction of sp³-hybridized carbons (Fsp3) is 0.267.